The summed E-state index contributed by atoms with van der Waals surface area (Å²) in [5.74, 6) is 0.123. The number of hydrogen-bond donors (Lipinski definition) is 0. The Morgan fingerprint density at radius 3 is 2.44 bits per heavy atom. The number of Topliss-reactive ketones (excluding diaryl/α,β-unsaturated/α-hetero) is 1. The maximum absolute atomic E-state index is 11.9. The molecule has 0 atom stereocenters. The predicted octanol–water partition coefficient (Wildman–Crippen LogP) is 3.25. The molecule has 0 aromatic heterocycles. The van der Waals surface area contributed by atoms with Gasteiger partial charge in [0, 0.05) is 18.5 Å². The molecule has 0 aliphatic heterocycles. The van der Waals surface area contributed by atoms with Gasteiger partial charge in [-0.05, 0) is 25.2 Å². The van der Waals surface area contributed by atoms with Crippen LogP contribution in [-0.4, -0.2) is 30.3 Å². The zero-order valence-corrected chi connectivity index (χ0v) is 10.6. The molecule has 2 nitrogen and oxygen atoms in total. The van der Waals surface area contributed by atoms with Gasteiger partial charge in [-0.25, -0.2) is 0 Å². The van der Waals surface area contributed by atoms with Gasteiger partial charge in [0.15, 0.2) is 5.78 Å². The molecule has 1 aromatic carbocycles. The van der Waals surface area contributed by atoms with Gasteiger partial charge < -0.3 is 4.90 Å². The molecule has 0 radical (unpaired) electrons. The SMILES string of the molecule is CCN(CC)CCC(=O)c1ccccc1Cl. The van der Waals surface area contributed by atoms with Gasteiger partial charge >= 0.3 is 0 Å². The summed E-state index contributed by atoms with van der Waals surface area (Å²) in [6.45, 7) is 6.96. The first-order valence-corrected chi connectivity index (χ1v) is 6.06. The maximum Gasteiger partial charge on any atom is 0.165 e. The molecule has 0 unspecified atom stereocenters. The first kappa shape index (κ1) is 13.2. The molecule has 1 rings (SSSR count). The summed E-state index contributed by atoms with van der Waals surface area (Å²) in [6, 6.07) is 7.22. The van der Waals surface area contributed by atoms with Crippen molar-refractivity contribution in [1.82, 2.24) is 4.90 Å². The minimum Gasteiger partial charge on any atom is -0.303 e. The van der Waals surface area contributed by atoms with E-state index in [0.29, 0.717) is 17.0 Å². The van der Waals surface area contributed by atoms with Gasteiger partial charge in [-0.1, -0.05) is 37.6 Å². The summed E-state index contributed by atoms with van der Waals surface area (Å²) in [6.07, 6.45) is 0.533. The molecule has 1 aromatic rings. The molecule has 0 spiro atoms. The van der Waals surface area contributed by atoms with Gasteiger partial charge in [0.25, 0.3) is 0 Å². The Morgan fingerprint density at radius 1 is 1.25 bits per heavy atom. The summed E-state index contributed by atoms with van der Waals surface area (Å²) in [4.78, 5) is 14.1. The summed E-state index contributed by atoms with van der Waals surface area (Å²) in [5.41, 5.74) is 0.635. The van der Waals surface area contributed by atoms with Crippen molar-refractivity contribution in [1.29, 1.82) is 0 Å². The van der Waals surface area contributed by atoms with Gasteiger partial charge in [-0.2, -0.15) is 0 Å². The van der Waals surface area contributed by atoms with Gasteiger partial charge in [0.2, 0.25) is 0 Å². The fraction of sp³-hybridized carbons (Fsp3) is 0.462. The van der Waals surface area contributed by atoms with Crippen molar-refractivity contribution < 1.29 is 4.79 Å². The van der Waals surface area contributed by atoms with E-state index in [-0.39, 0.29) is 5.78 Å². The van der Waals surface area contributed by atoms with E-state index in [4.69, 9.17) is 11.6 Å². The van der Waals surface area contributed by atoms with Crippen LogP contribution in [0.15, 0.2) is 24.3 Å². The van der Waals surface area contributed by atoms with Crippen LogP contribution in [0.5, 0.6) is 0 Å². The lowest BCUT2D eigenvalue weighted by atomic mass is 10.1. The first-order valence-electron chi connectivity index (χ1n) is 5.69. The molecule has 88 valence electrons. The first-order chi connectivity index (χ1) is 7.69. The maximum atomic E-state index is 11.9. The molecule has 3 heteroatoms. The van der Waals surface area contributed by atoms with Gasteiger partial charge in [-0.15, -0.1) is 0 Å². The summed E-state index contributed by atoms with van der Waals surface area (Å²) < 4.78 is 0. The average molecular weight is 240 g/mol. The molecule has 0 N–H and O–H groups in total. The standard InChI is InChI=1S/C13H18ClNO/c1-3-15(4-2)10-9-13(16)11-7-5-6-8-12(11)14/h5-8H,3-4,9-10H2,1-2H3. The highest BCUT2D eigenvalue weighted by Crippen LogP contribution is 2.16. The molecule has 0 bridgehead atoms. The van der Waals surface area contributed by atoms with Crippen molar-refractivity contribution in [2.75, 3.05) is 19.6 Å². The fourth-order valence-corrected chi connectivity index (χ4v) is 1.86. The number of halogens is 1. The van der Waals surface area contributed by atoms with Crippen LogP contribution in [0.3, 0.4) is 0 Å². The van der Waals surface area contributed by atoms with Crippen molar-refractivity contribution in [2.24, 2.45) is 0 Å². The lowest BCUT2D eigenvalue weighted by molar-refractivity contribution is 0.0966. The van der Waals surface area contributed by atoms with E-state index in [0.717, 1.165) is 19.6 Å². The number of nitrogens with zero attached hydrogens (tertiary/aromatic N) is 1. The molecule has 0 fully saturated rings. The highest BCUT2D eigenvalue weighted by molar-refractivity contribution is 6.33. The third-order valence-corrected chi connectivity index (χ3v) is 3.05. The molecule has 0 saturated heterocycles. The molecule has 0 heterocycles. The third-order valence-electron chi connectivity index (χ3n) is 2.72. The van der Waals surface area contributed by atoms with Crippen molar-refractivity contribution in [3.63, 3.8) is 0 Å². The summed E-state index contributed by atoms with van der Waals surface area (Å²) in [5, 5.41) is 0.548. The molecular formula is C13H18ClNO. The largest absolute Gasteiger partial charge is 0.303 e. The van der Waals surface area contributed by atoms with E-state index in [1.807, 2.05) is 12.1 Å². The average Bonchev–Trinajstić information content (AvgIpc) is 2.30. The fourth-order valence-electron chi connectivity index (χ4n) is 1.62. The second-order valence-corrected chi connectivity index (χ2v) is 4.09. The summed E-state index contributed by atoms with van der Waals surface area (Å²) in [7, 11) is 0. The van der Waals surface area contributed by atoms with E-state index in [2.05, 4.69) is 18.7 Å². The van der Waals surface area contributed by atoms with Crippen molar-refractivity contribution in [3.8, 4) is 0 Å². The van der Waals surface area contributed by atoms with Crippen LogP contribution in [0.1, 0.15) is 30.6 Å². The van der Waals surface area contributed by atoms with Crippen LogP contribution in [-0.2, 0) is 0 Å². The zero-order chi connectivity index (χ0) is 12.0. The van der Waals surface area contributed by atoms with Crippen LogP contribution >= 0.6 is 11.6 Å². The van der Waals surface area contributed by atoms with Crippen molar-refractivity contribution >= 4 is 17.4 Å². The van der Waals surface area contributed by atoms with Crippen LogP contribution in [0.4, 0.5) is 0 Å². The van der Waals surface area contributed by atoms with Crippen molar-refractivity contribution in [3.05, 3.63) is 34.9 Å². The minimum absolute atomic E-state index is 0.123. The predicted molar refractivity (Wildman–Crippen MR) is 68.2 cm³/mol. The number of carbonyl (C=O) groups excluding carboxylic acids is 1. The second kappa shape index (κ2) is 6.66. The molecule has 0 aliphatic rings. The molecular weight excluding hydrogens is 222 g/mol. The van der Waals surface area contributed by atoms with Crippen LogP contribution < -0.4 is 0 Å². The zero-order valence-electron chi connectivity index (χ0n) is 9.87. The number of hydrogen-bond acceptors (Lipinski definition) is 2. The van der Waals surface area contributed by atoms with E-state index in [1.54, 1.807) is 12.1 Å². The smallest absolute Gasteiger partial charge is 0.165 e. The molecule has 0 amide bonds. The van der Waals surface area contributed by atoms with Crippen LogP contribution in [0, 0.1) is 0 Å². The quantitative estimate of drug-likeness (QED) is 0.711. The summed E-state index contributed by atoms with van der Waals surface area (Å²) >= 11 is 5.97. The third kappa shape index (κ3) is 3.62. The molecule has 0 saturated carbocycles. The van der Waals surface area contributed by atoms with Crippen LogP contribution in [0.25, 0.3) is 0 Å². The Morgan fingerprint density at radius 2 is 1.88 bits per heavy atom. The van der Waals surface area contributed by atoms with Gasteiger partial charge in [0.1, 0.15) is 0 Å². The van der Waals surface area contributed by atoms with E-state index >= 15 is 0 Å². The minimum atomic E-state index is 0.123. The lowest BCUT2D eigenvalue weighted by Gasteiger charge is -2.17. The Hall–Kier alpha value is -0.860. The van der Waals surface area contributed by atoms with E-state index in [1.165, 1.54) is 0 Å². The number of rotatable bonds is 6. The highest BCUT2D eigenvalue weighted by Gasteiger charge is 2.10. The van der Waals surface area contributed by atoms with Crippen molar-refractivity contribution in [2.45, 2.75) is 20.3 Å². The van der Waals surface area contributed by atoms with Crippen LogP contribution in [0.2, 0.25) is 5.02 Å². The van der Waals surface area contributed by atoms with Gasteiger partial charge in [-0.3, -0.25) is 4.79 Å². The monoisotopic (exact) mass is 239 g/mol. The number of benzene rings is 1. The van der Waals surface area contributed by atoms with E-state index in [9.17, 15) is 4.79 Å². The Kier molecular flexibility index (Phi) is 5.50. The Balaban J connectivity index is 2.56. The normalized spacial score (nSPS) is 10.8. The highest BCUT2D eigenvalue weighted by atomic mass is 35.5. The number of ketones is 1. The topological polar surface area (TPSA) is 20.3 Å². The molecule has 16 heavy (non-hydrogen) atoms. The lowest BCUT2D eigenvalue weighted by Crippen LogP contribution is -2.25. The van der Waals surface area contributed by atoms with Gasteiger partial charge in [0.05, 0.1) is 5.02 Å². The van der Waals surface area contributed by atoms with E-state index < -0.39 is 0 Å². The number of carbonyl (C=O) groups is 1. The Bertz CT molecular complexity index is 348. The second-order valence-electron chi connectivity index (χ2n) is 3.68. The molecule has 0 aliphatic carbocycles. The Labute approximate surface area is 102 Å².